The summed E-state index contributed by atoms with van der Waals surface area (Å²) >= 11 is 6.36. The minimum Gasteiger partial charge on any atom is -0.346 e. The molecule has 1 aliphatic heterocycles. The molecule has 0 amide bonds. The van der Waals surface area contributed by atoms with Crippen LogP contribution in [0.3, 0.4) is 0 Å². The van der Waals surface area contributed by atoms with Crippen molar-refractivity contribution in [3.8, 4) is 0 Å². The van der Waals surface area contributed by atoms with Crippen LogP contribution in [0, 0.1) is 0 Å². The molecule has 0 spiro atoms. The van der Waals surface area contributed by atoms with Gasteiger partial charge in [0.05, 0.1) is 24.9 Å². The molecule has 0 saturated carbocycles. The molecule has 6 nitrogen and oxygen atoms in total. The van der Waals surface area contributed by atoms with Gasteiger partial charge < -0.3 is 5.32 Å². The van der Waals surface area contributed by atoms with E-state index in [-0.39, 0.29) is 12.1 Å². The highest BCUT2D eigenvalue weighted by molar-refractivity contribution is 6.32. The summed E-state index contributed by atoms with van der Waals surface area (Å²) < 4.78 is 0. The quantitative estimate of drug-likeness (QED) is 0.792. The molecule has 0 radical (unpaired) electrons. The van der Waals surface area contributed by atoms with Crippen molar-refractivity contribution in [2.75, 3.05) is 24.0 Å². The first-order valence-corrected chi connectivity index (χ1v) is 8.79. The Morgan fingerprint density at radius 3 is 2.96 bits per heavy atom. The fourth-order valence-electron chi connectivity index (χ4n) is 2.83. The van der Waals surface area contributed by atoms with Crippen molar-refractivity contribution in [1.82, 2.24) is 9.97 Å². The molecule has 0 aliphatic carbocycles. The Hall–Kier alpha value is -2.18. The lowest BCUT2D eigenvalue weighted by Crippen LogP contribution is -2.25. The van der Waals surface area contributed by atoms with Crippen molar-refractivity contribution in [1.29, 1.82) is 0 Å². The number of rotatable bonds is 6. The molecule has 1 fully saturated rings. The Balaban J connectivity index is 1.87. The smallest absolute Gasteiger partial charge is 0.225 e. The zero-order valence-corrected chi connectivity index (χ0v) is 15.1. The molecule has 7 heteroatoms. The Bertz CT molecular complexity index is 725. The van der Waals surface area contributed by atoms with Gasteiger partial charge in [-0.1, -0.05) is 48.9 Å². The molecule has 1 aliphatic rings. The predicted octanol–water partition coefficient (Wildman–Crippen LogP) is 3.90. The van der Waals surface area contributed by atoms with Crippen LogP contribution in [0.5, 0.6) is 0 Å². The molecule has 1 aromatic heterocycles. The van der Waals surface area contributed by atoms with Crippen molar-refractivity contribution in [2.24, 2.45) is 4.99 Å². The molecule has 1 saturated heterocycles. The maximum atomic E-state index is 6.36. The number of hydrogen-bond donors (Lipinski definition) is 1. The minimum atomic E-state index is 0.0726. The van der Waals surface area contributed by atoms with E-state index in [1.807, 2.05) is 24.4 Å². The highest BCUT2D eigenvalue weighted by Gasteiger charge is 2.30. The van der Waals surface area contributed by atoms with Crippen molar-refractivity contribution < 1.29 is 4.84 Å². The van der Waals surface area contributed by atoms with E-state index >= 15 is 0 Å². The fourth-order valence-corrected chi connectivity index (χ4v) is 3.00. The number of benzene rings is 1. The third kappa shape index (κ3) is 4.08. The van der Waals surface area contributed by atoms with E-state index in [1.165, 1.54) is 5.56 Å². The number of nitrogens with zero attached hydrogens (tertiary/aromatic N) is 4. The highest BCUT2D eigenvalue weighted by atomic mass is 35.5. The van der Waals surface area contributed by atoms with Crippen LogP contribution in [0.4, 0.5) is 11.8 Å². The number of aromatic nitrogens is 2. The summed E-state index contributed by atoms with van der Waals surface area (Å²) in [5.74, 6) is 1.09. The monoisotopic (exact) mass is 359 g/mol. The van der Waals surface area contributed by atoms with E-state index in [0.29, 0.717) is 23.4 Å². The highest BCUT2D eigenvalue weighted by Crippen LogP contribution is 2.37. The van der Waals surface area contributed by atoms with Gasteiger partial charge in [-0.05, 0) is 12.0 Å². The van der Waals surface area contributed by atoms with Crippen LogP contribution in [-0.2, 0) is 4.84 Å². The predicted molar refractivity (Wildman–Crippen MR) is 101 cm³/mol. The van der Waals surface area contributed by atoms with Crippen molar-refractivity contribution >= 4 is 29.6 Å². The first-order valence-electron chi connectivity index (χ1n) is 8.41. The minimum absolute atomic E-state index is 0.0726. The number of hydroxylamine groups is 1. The van der Waals surface area contributed by atoms with E-state index < -0.39 is 0 Å². The lowest BCUT2D eigenvalue weighted by molar-refractivity contribution is 0.157. The lowest BCUT2D eigenvalue weighted by Gasteiger charge is -2.25. The van der Waals surface area contributed by atoms with Gasteiger partial charge in [0, 0.05) is 19.7 Å². The van der Waals surface area contributed by atoms with Crippen molar-refractivity contribution in [2.45, 2.75) is 31.8 Å². The van der Waals surface area contributed by atoms with Gasteiger partial charge in [-0.3, -0.25) is 9.83 Å². The number of nitrogens with one attached hydrogen (secondary N) is 1. The van der Waals surface area contributed by atoms with Crippen LogP contribution >= 0.6 is 11.6 Å². The number of halogens is 1. The van der Waals surface area contributed by atoms with Gasteiger partial charge in [0.1, 0.15) is 5.02 Å². The van der Waals surface area contributed by atoms with Gasteiger partial charge >= 0.3 is 0 Å². The molecule has 2 aromatic rings. The second-order valence-electron chi connectivity index (χ2n) is 5.81. The summed E-state index contributed by atoms with van der Waals surface area (Å²) in [7, 11) is 1.75. The van der Waals surface area contributed by atoms with Crippen molar-refractivity contribution in [3.05, 3.63) is 47.1 Å². The van der Waals surface area contributed by atoms with Crippen molar-refractivity contribution in [3.63, 3.8) is 0 Å². The summed E-state index contributed by atoms with van der Waals surface area (Å²) in [6, 6.07) is 10.4. The zero-order valence-electron chi connectivity index (χ0n) is 14.4. The Morgan fingerprint density at radius 2 is 2.24 bits per heavy atom. The Labute approximate surface area is 152 Å². The van der Waals surface area contributed by atoms with Crippen LogP contribution in [0.1, 0.15) is 31.4 Å². The average molecular weight is 360 g/mol. The Morgan fingerprint density at radius 1 is 1.44 bits per heavy atom. The van der Waals surface area contributed by atoms with E-state index in [0.717, 1.165) is 12.8 Å². The number of aliphatic imine (C=N–C) groups is 1. The number of hydrogen-bond acceptors (Lipinski definition) is 6. The van der Waals surface area contributed by atoms with E-state index in [1.54, 1.807) is 18.3 Å². The van der Waals surface area contributed by atoms with Gasteiger partial charge in [-0.15, -0.1) is 0 Å². The first kappa shape index (κ1) is 17.6. The second-order valence-corrected chi connectivity index (χ2v) is 6.21. The van der Waals surface area contributed by atoms with Crippen LogP contribution in [0.15, 0.2) is 41.5 Å². The van der Waals surface area contributed by atoms with E-state index in [4.69, 9.17) is 16.4 Å². The topological polar surface area (TPSA) is 62.6 Å². The summed E-state index contributed by atoms with van der Waals surface area (Å²) in [4.78, 5) is 18.8. The van der Waals surface area contributed by atoms with Gasteiger partial charge in [-0.25, -0.2) is 10.0 Å². The molecule has 2 atom stereocenters. The van der Waals surface area contributed by atoms with Crippen LogP contribution in [0.25, 0.3) is 0 Å². The largest absolute Gasteiger partial charge is 0.346 e. The van der Waals surface area contributed by atoms with Gasteiger partial charge in [0.2, 0.25) is 5.95 Å². The van der Waals surface area contributed by atoms with Crippen LogP contribution in [0.2, 0.25) is 5.02 Å². The summed E-state index contributed by atoms with van der Waals surface area (Å²) in [6.45, 7) is 2.70. The van der Waals surface area contributed by atoms with Gasteiger partial charge in [-0.2, -0.15) is 4.98 Å². The summed E-state index contributed by atoms with van der Waals surface area (Å²) in [6.07, 6.45) is 5.21. The third-order valence-electron chi connectivity index (χ3n) is 4.11. The summed E-state index contributed by atoms with van der Waals surface area (Å²) in [5.41, 5.74) is 1.17. The van der Waals surface area contributed by atoms with Gasteiger partial charge in [0.15, 0.2) is 5.82 Å². The van der Waals surface area contributed by atoms with E-state index in [2.05, 4.69) is 39.3 Å². The Kier molecular flexibility index (Phi) is 5.83. The van der Waals surface area contributed by atoms with Crippen LogP contribution < -0.4 is 10.4 Å². The molecular formula is C18H22ClN5O. The third-order valence-corrected chi connectivity index (χ3v) is 4.37. The SMILES string of the molecule is CCC(C=NC)Nc1ncc(Cl)c(N2OCC[C@@H]2c2ccccc2)n1. The molecular weight excluding hydrogens is 338 g/mol. The molecule has 2 heterocycles. The maximum Gasteiger partial charge on any atom is 0.225 e. The molecule has 0 bridgehead atoms. The first-order chi connectivity index (χ1) is 12.2. The molecule has 25 heavy (non-hydrogen) atoms. The maximum absolute atomic E-state index is 6.36. The normalized spacial score (nSPS) is 18.7. The van der Waals surface area contributed by atoms with Gasteiger partial charge in [0.25, 0.3) is 0 Å². The fraction of sp³-hybridized carbons (Fsp3) is 0.389. The second kappa shape index (κ2) is 8.27. The summed E-state index contributed by atoms with van der Waals surface area (Å²) in [5, 5.41) is 5.52. The molecule has 1 N–H and O–H groups in total. The van der Waals surface area contributed by atoms with Crippen LogP contribution in [-0.4, -0.2) is 35.9 Å². The molecule has 1 unspecified atom stereocenters. The molecule has 132 valence electrons. The zero-order chi connectivity index (χ0) is 17.6. The standard InChI is InChI=1S/C18H22ClN5O/c1-3-14(11-20-2)22-18-21-12-15(19)17(23-18)24-16(9-10-25-24)13-7-5-4-6-8-13/h4-8,11-12,14,16H,3,9-10H2,1-2H3,(H,21,22,23)/t14?,16-/m1/s1. The average Bonchev–Trinajstić information content (AvgIpc) is 3.13. The lowest BCUT2D eigenvalue weighted by atomic mass is 10.0. The molecule has 3 rings (SSSR count). The molecule has 1 aromatic carbocycles. The number of anilines is 2. The van der Waals surface area contributed by atoms with E-state index in [9.17, 15) is 0 Å².